The van der Waals surface area contributed by atoms with Crippen LogP contribution in [-0.4, -0.2) is 43.4 Å². The first-order valence-corrected chi connectivity index (χ1v) is 13.2. The maximum absolute atomic E-state index is 12.9. The van der Waals surface area contributed by atoms with Gasteiger partial charge in [0.15, 0.2) is 0 Å². The molecule has 2 aromatic carbocycles. The molecular formula is C23H29N3O4S2. The van der Waals surface area contributed by atoms with Crippen molar-refractivity contribution in [2.24, 2.45) is 5.73 Å². The van der Waals surface area contributed by atoms with Crippen molar-refractivity contribution in [1.29, 1.82) is 0 Å². The highest BCUT2D eigenvalue weighted by atomic mass is 32.2. The number of sulfonamides is 1. The Hall–Kier alpha value is -2.36. The third-order valence-electron chi connectivity index (χ3n) is 5.30. The Kier molecular flexibility index (Phi) is 8.72. The standard InChI is InChI=1S/C23H29N3O4S2/c24-22(27)17-31-21-8-4-3-7-20(21)25-23(28)14-11-18-9-12-19(13-10-18)32(29,30)26-15-5-1-2-6-16-26/h3-4,7-10,12-13H,1-2,5-6,11,14-17H2,(H2,24,27)(H,25,28). The Bertz CT molecular complexity index is 1030. The van der Waals surface area contributed by atoms with Crippen molar-refractivity contribution in [1.82, 2.24) is 4.31 Å². The first kappa shape index (κ1) is 24.3. The van der Waals surface area contributed by atoms with Gasteiger partial charge in [0.2, 0.25) is 21.8 Å². The van der Waals surface area contributed by atoms with E-state index in [4.69, 9.17) is 5.73 Å². The summed E-state index contributed by atoms with van der Waals surface area (Å²) in [5.41, 5.74) is 6.74. The second-order valence-corrected chi connectivity index (χ2v) is 10.7. The lowest BCUT2D eigenvalue weighted by molar-refractivity contribution is -0.116. The number of amides is 2. The maximum Gasteiger partial charge on any atom is 0.243 e. The lowest BCUT2D eigenvalue weighted by Gasteiger charge is -2.20. The number of aryl methyl sites for hydroxylation is 1. The van der Waals surface area contributed by atoms with E-state index in [0.717, 1.165) is 36.1 Å². The Labute approximate surface area is 193 Å². The molecule has 9 heteroatoms. The first-order chi connectivity index (χ1) is 15.4. The molecule has 0 saturated carbocycles. The van der Waals surface area contributed by atoms with Gasteiger partial charge in [-0.25, -0.2) is 8.42 Å². The fourth-order valence-electron chi connectivity index (χ4n) is 3.57. The van der Waals surface area contributed by atoms with Crippen LogP contribution in [0, 0.1) is 0 Å². The van der Waals surface area contributed by atoms with Crippen molar-refractivity contribution in [2.45, 2.75) is 48.3 Å². The van der Waals surface area contributed by atoms with Crippen LogP contribution < -0.4 is 11.1 Å². The summed E-state index contributed by atoms with van der Waals surface area (Å²) in [4.78, 5) is 24.5. The second kappa shape index (κ2) is 11.5. The van der Waals surface area contributed by atoms with Gasteiger partial charge >= 0.3 is 0 Å². The lowest BCUT2D eigenvalue weighted by atomic mass is 10.1. The normalized spacial score (nSPS) is 15.1. The molecule has 3 rings (SSSR count). The molecule has 32 heavy (non-hydrogen) atoms. The monoisotopic (exact) mass is 475 g/mol. The predicted octanol–water partition coefficient (Wildman–Crippen LogP) is 3.40. The van der Waals surface area contributed by atoms with Crippen LogP contribution in [0.3, 0.4) is 0 Å². The Balaban J connectivity index is 1.56. The minimum atomic E-state index is -3.47. The number of nitrogens with two attached hydrogens (primary N) is 1. The fourth-order valence-corrected chi connectivity index (χ4v) is 5.84. The molecule has 3 N–H and O–H groups in total. The molecule has 1 aliphatic rings. The third-order valence-corrected chi connectivity index (χ3v) is 8.31. The van der Waals surface area contributed by atoms with E-state index >= 15 is 0 Å². The molecule has 2 aromatic rings. The van der Waals surface area contributed by atoms with Crippen LogP contribution in [0.25, 0.3) is 0 Å². The zero-order valence-corrected chi connectivity index (χ0v) is 19.6. The summed E-state index contributed by atoms with van der Waals surface area (Å²) in [7, 11) is -3.47. The average molecular weight is 476 g/mol. The van der Waals surface area contributed by atoms with Crippen LogP contribution in [0.4, 0.5) is 5.69 Å². The molecule has 172 valence electrons. The Morgan fingerprint density at radius 3 is 2.28 bits per heavy atom. The highest BCUT2D eigenvalue weighted by molar-refractivity contribution is 8.00. The summed E-state index contributed by atoms with van der Waals surface area (Å²) in [5, 5.41) is 2.87. The number of benzene rings is 2. The number of thioether (sulfide) groups is 1. The summed E-state index contributed by atoms with van der Waals surface area (Å²) in [6.07, 6.45) is 4.69. The molecule has 1 aliphatic heterocycles. The van der Waals surface area contributed by atoms with E-state index in [2.05, 4.69) is 5.32 Å². The number of hydrogen-bond acceptors (Lipinski definition) is 5. The van der Waals surface area contributed by atoms with Crippen LogP contribution in [0.15, 0.2) is 58.3 Å². The highest BCUT2D eigenvalue weighted by Crippen LogP contribution is 2.27. The zero-order chi connectivity index (χ0) is 23.0. The van der Waals surface area contributed by atoms with Crippen LogP contribution >= 0.6 is 11.8 Å². The van der Waals surface area contributed by atoms with Crippen LogP contribution in [0.2, 0.25) is 0 Å². The Morgan fingerprint density at radius 2 is 1.62 bits per heavy atom. The van der Waals surface area contributed by atoms with Gasteiger partial charge in [0.25, 0.3) is 0 Å². The van der Waals surface area contributed by atoms with Crippen LogP contribution in [-0.2, 0) is 26.0 Å². The molecule has 0 aliphatic carbocycles. The van der Waals surface area contributed by atoms with Crippen molar-refractivity contribution in [3.63, 3.8) is 0 Å². The Morgan fingerprint density at radius 1 is 0.969 bits per heavy atom. The van der Waals surface area contributed by atoms with Crippen molar-refractivity contribution < 1.29 is 18.0 Å². The fraction of sp³-hybridized carbons (Fsp3) is 0.391. The van der Waals surface area contributed by atoms with Gasteiger partial charge in [-0.15, -0.1) is 11.8 Å². The smallest absolute Gasteiger partial charge is 0.243 e. The molecule has 1 saturated heterocycles. The molecule has 7 nitrogen and oxygen atoms in total. The molecule has 0 radical (unpaired) electrons. The van der Waals surface area contributed by atoms with E-state index in [1.807, 2.05) is 18.2 Å². The molecule has 0 atom stereocenters. The minimum absolute atomic E-state index is 0.138. The SMILES string of the molecule is NC(=O)CSc1ccccc1NC(=O)CCc1ccc(S(=O)(=O)N2CCCCCC2)cc1. The summed E-state index contributed by atoms with van der Waals surface area (Å²) < 4.78 is 27.3. The van der Waals surface area contributed by atoms with Crippen molar-refractivity contribution in [3.05, 3.63) is 54.1 Å². The van der Waals surface area contributed by atoms with E-state index in [9.17, 15) is 18.0 Å². The number of nitrogens with one attached hydrogen (secondary N) is 1. The first-order valence-electron chi connectivity index (χ1n) is 10.8. The number of rotatable bonds is 9. The van der Waals surface area contributed by atoms with E-state index in [-0.39, 0.29) is 18.1 Å². The van der Waals surface area contributed by atoms with Gasteiger partial charge in [-0.3, -0.25) is 9.59 Å². The van der Waals surface area contributed by atoms with Gasteiger partial charge in [0, 0.05) is 24.4 Å². The number of para-hydroxylation sites is 1. The summed E-state index contributed by atoms with van der Waals surface area (Å²) in [6.45, 7) is 1.15. The van der Waals surface area contributed by atoms with Crippen LogP contribution in [0.1, 0.15) is 37.7 Å². The number of carbonyl (C=O) groups excluding carboxylic acids is 2. The molecular weight excluding hydrogens is 446 g/mol. The minimum Gasteiger partial charge on any atom is -0.369 e. The van der Waals surface area contributed by atoms with Gasteiger partial charge in [0.1, 0.15) is 0 Å². The van der Waals surface area contributed by atoms with Gasteiger partial charge < -0.3 is 11.1 Å². The van der Waals surface area contributed by atoms with Gasteiger partial charge in [-0.2, -0.15) is 4.31 Å². The summed E-state index contributed by atoms with van der Waals surface area (Å²) in [5.74, 6) is -0.435. The van der Waals surface area contributed by atoms with Crippen LogP contribution in [0.5, 0.6) is 0 Å². The molecule has 0 unspecified atom stereocenters. The number of nitrogens with zero attached hydrogens (tertiary/aromatic N) is 1. The number of hydrogen-bond donors (Lipinski definition) is 2. The number of anilines is 1. The quantitative estimate of drug-likeness (QED) is 0.540. The van der Waals surface area contributed by atoms with Gasteiger partial charge in [-0.1, -0.05) is 37.1 Å². The van der Waals surface area contributed by atoms with Crippen molar-refractivity contribution in [2.75, 3.05) is 24.2 Å². The van der Waals surface area contributed by atoms with E-state index < -0.39 is 15.9 Å². The molecule has 2 amide bonds. The maximum atomic E-state index is 12.9. The zero-order valence-electron chi connectivity index (χ0n) is 18.0. The van der Waals surface area contributed by atoms with Crippen molar-refractivity contribution >= 4 is 39.3 Å². The molecule has 1 fully saturated rings. The summed E-state index contributed by atoms with van der Waals surface area (Å²) in [6, 6.07) is 14.1. The number of carbonyl (C=O) groups is 2. The lowest BCUT2D eigenvalue weighted by Crippen LogP contribution is -2.31. The molecule has 0 spiro atoms. The topological polar surface area (TPSA) is 110 Å². The second-order valence-electron chi connectivity index (χ2n) is 7.76. The van der Waals surface area contributed by atoms with Crippen molar-refractivity contribution in [3.8, 4) is 0 Å². The highest BCUT2D eigenvalue weighted by Gasteiger charge is 2.24. The van der Waals surface area contributed by atoms with E-state index in [1.54, 1.807) is 34.6 Å². The number of primary amides is 1. The third kappa shape index (κ3) is 6.82. The van der Waals surface area contributed by atoms with E-state index in [1.165, 1.54) is 11.8 Å². The molecule has 1 heterocycles. The van der Waals surface area contributed by atoms with Gasteiger partial charge in [-0.05, 0) is 49.1 Å². The van der Waals surface area contributed by atoms with E-state index in [0.29, 0.717) is 30.1 Å². The molecule has 0 aromatic heterocycles. The molecule has 0 bridgehead atoms. The average Bonchev–Trinajstić information content (AvgIpc) is 3.08. The predicted molar refractivity (Wildman–Crippen MR) is 127 cm³/mol. The summed E-state index contributed by atoms with van der Waals surface area (Å²) >= 11 is 1.28. The largest absolute Gasteiger partial charge is 0.369 e. The van der Waals surface area contributed by atoms with Gasteiger partial charge in [0.05, 0.1) is 16.3 Å².